The third-order valence-corrected chi connectivity index (χ3v) is 4.59. The van der Waals surface area contributed by atoms with E-state index in [1.165, 1.54) is 7.11 Å². The normalized spacial score (nSPS) is 20.2. The van der Waals surface area contributed by atoms with Crippen LogP contribution in [0.25, 0.3) is 0 Å². The standard InChI is InChI=1S/C10H11NO3S2/c1-14-9(13)5-11-8(12)6-16-10(11)7-3-2-4-15-7/h2-4,10H,5-6H2,1H3. The summed E-state index contributed by atoms with van der Waals surface area (Å²) in [4.78, 5) is 25.5. The monoisotopic (exact) mass is 257 g/mol. The van der Waals surface area contributed by atoms with Gasteiger partial charge in [0.25, 0.3) is 0 Å². The quantitative estimate of drug-likeness (QED) is 0.770. The van der Waals surface area contributed by atoms with E-state index in [0.29, 0.717) is 5.75 Å². The van der Waals surface area contributed by atoms with Gasteiger partial charge in [0.2, 0.25) is 5.91 Å². The summed E-state index contributed by atoms with van der Waals surface area (Å²) in [6.45, 7) is 0.0326. The van der Waals surface area contributed by atoms with Gasteiger partial charge in [-0.3, -0.25) is 9.59 Å². The van der Waals surface area contributed by atoms with Crippen molar-refractivity contribution in [2.75, 3.05) is 19.4 Å². The Bertz CT molecular complexity index is 391. The molecule has 1 saturated heterocycles. The van der Waals surface area contributed by atoms with E-state index < -0.39 is 0 Å². The molecule has 0 bridgehead atoms. The predicted molar refractivity (Wildman–Crippen MR) is 63.2 cm³/mol. The summed E-state index contributed by atoms with van der Waals surface area (Å²) in [5.41, 5.74) is 0. The second-order valence-corrected chi connectivity index (χ2v) is 5.32. The molecule has 0 spiro atoms. The topological polar surface area (TPSA) is 46.6 Å². The maximum Gasteiger partial charge on any atom is 0.325 e. The Kier molecular flexibility index (Phi) is 3.50. The molecule has 1 aliphatic rings. The first-order valence-corrected chi connectivity index (χ1v) is 6.66. The first-order valence-electron chi connectivity index (χ1n) is 4.73. The Balaban J connectivity index is 2.13. The first kappa shape index (κ1) is 11.5. The SMILES string of the molecule is COC(=O)CN1C(=O)CSC1c1cccs1. The first-order chi connectivity index (χ1) is 7.72. The van der Waals surface area contributed by atoms with Crippen LogP contribution in [0.1, 0.15) is 10.3 Å². The van der Waals surface area contributed by atoms with Crippen LogP contribution in [-0.2, 0) is 14.3 Å². The number of methoxy groups -OCH3 is 1. The van der Waals surface area contributed by atoms with Gasteiger partial charge in [0.15, 0.2) is 0 Å². The van der Waals surface area contributed by atoms with Crippen LogP contribution in [0.2, 0.25) is 0 Å². The Labute approximate surface area is 102 Å². The van der Waals surface area contributed by atoms with Gasteiger partial charge in [-0.15, -0.1) is 23.1 Å². The molecule has 16 heavy (non-hydrogen) atoms. The van der Waals surface area contributed by atoms with E-state index in [-0.39, 0.29) is 23.8 Å². The molecule has 0 aliphatic carbocycles. The lowest BCUT2D eigenvalue weighted by Gasteiger charge is -2.21. The molecule has 1 unspecified atom stereocenters. The lowest BCUT2D eigenvalue weighted by molar-refractivity contribution is -0.146. The number of amides is 1. The fraction of sp³-hybridized carbons (Fsp3) is 0.400. The molecule has 4 nitrogen and oxygen atoms in total. The Morgan fingerprint density at radius 1 is 1.69 bits per heavy atom. The number of thioether (sulfide) groups is 1. The number of rotatable bonds is 3. The van der Waals surface area contributed by atoms with Crippen molar-refractivity contribution in [1.82, 2.24) is 4.90 Å². The fourth-order valence-corrected chi connectivity index (χ4v) is 3.66. The van der Waals surface area contributed by atoms with Crippen LogP contribution in [0.5, 0.6) is 0 Å². The van der Waals surface area contributed by atoms with E-state index in [1.54, 1.807) is 28.0 Å². The van der Waals surface area contributed by atoms with Gasteiger partial charge in [-0.2, -0.15) is 0 Å². The van der Waals surface area contributed by atoms with Gasteiger partial charge in [-0.1, -0.05) is 6.07 Å². The fourth-order valence-electron chi connectivity index (χ4n) is 1.50. The molecule has 2 rings (SSSR count). The average Bonchev–Trinajstić information content (AvgIpc) is 2.89. The second-order valence-electron chi connectivity index (χ2n) is 3.28. The lowest BCUT2D eigenvalue weighted by Crippen LogP contribution is -2.33. The minimum atomic E-state index is -0.377. The van der Waals surface area contributed by atoms with E-state index >= 15 is 0 Å². The molecule has 1 aromatic rings. The summed E-state index contributed by atoms with van der Waals surface area (Å²) in [5, 5.41) is 1.93. The zero-order valence-corrected chi connectivity index (χ0v) is 10.3. The number of carbonyl (C=O) groups is 2. The number of hydrogen-bond acceptors (Lipinski definition) is 5. The highest BCUT2D eigenvalue weighted by molar-refractivity contribution is 8.00. The largest absolute Gasteiger partial charge is 0.468 e. The highest BCUT2D eigenvalue weighted by Crippen LogP contribution is 2.40. The Hall–Kier alpha value is -1.01. The van der Waals surface area contributed by atoms with Crippen molar-refractivity contribution in [3.8, 4) is 0 Å². The van der Waals surface area contributed by atoms with E-state index in [4.69, 9.17) is 0 Å². The molecular formula is C10H11NO3S2. The average molecular weight is 257 g/mol. The summed E-state index contributed by atoms with van der Waals surface area (Å²) >= 11 is 3.14. The molecule has 1 fully saturated rings. The van der Waals surface area contributed by atoms with Gasteiger partial charge in [-0.05, 0) is 11.4 Å². The summed E-state index contributed by atoms with van der Waals surface area (Å²) in [5.74, 6) is 0.0470. The number of thiophene rings is 1. The van der Waals surface area contributed by atoms with E-state index in [1.807, 2.05) is 17.5 Å². The van der Waals surface area contributed by atoms with Crippen molar-refractivity contribution in [3.63, 3.8) is 0 Å². The third kappa shape index (κ3) is 2.22. The number of hydrogen-bond donors (Lipinski definition) is 0. The zero-order valence-electron chi connectivity index (χ0n) is 8.71. The van der Waals surface area contributed by atoms with Crippen LogP contribution in [-0.4, -0.2) is 36.2 Å². The van der Waals surface area contributed by atoms with Crippen LogP contribution in [0.15, 0.2) is 17.5 Å². The van der Waals surface area contributed by atoms with Gasteiger partial charge >= 0.3 is 5.97 Å². The lowest BCUT2D eigenvalue weighted by atomic mass is 10.4. The molecule has 86 valence electrons. The summed E-state index contributed by atoms with van der Waals surface area (Å²) in [6, 6.07) is 3.92. The smallest absolute Gasteiger partial charge is 0.325 e. The summed E-state index contributed by atoms with van der Waals surface area (Å²) in [7, 11) is 1.33. The Morgan fingerprint density at radius 3 is 3.12 bits per heavy atom. The number of nitrogens with zero attached hydrogens (tertiary/aromatic N) is 1. The van der Waals surface area contributed by atoms with Crippen LogP contribution >= 0.6 is 23.1 Å². The van der Waals surface area contributed by atoms with Crippen LogP contribution < -0.4 is 0 Å². The van der Waals surface area contributed by atoms with Crippen molar-refractivity contribution < 1.29 is 14.3 Å². The van der Waals surface area contributed by atoms with Crippen molar-refractivity contribution >= 4 is 35.0 Å². The van der Waals surface area contributed by atoms with E-state index in [0.717, 1.165) is 4.88 Å². The molecule has 0 saturated carbocycles. The van der Waals surface area contributed by atoms with Gasteiger partial charge in [-0.25, -0.2) is 0 Å². The molecule has 1 aliphatic heterocycles. The highest BCUT2D eigenvalue weighted by atomic mass is 32.2. The second kappa shape index (κ2) is 4.88. The van der Waals surface area contributed by atoms with Crippen molar-refractivity contribution in [1.29, 1.82) is 0 Å². The molecule has 0 radical (unpaired) electrons. The molecule has 1 atom stereocenters. The minimum absolute atomic E-state index is 0.00574. The molecule has 1 aromatic heterocycles. The van der Waals surface area contributed by atoms with Crippen molar-refractivity contribution in [3.05, 3.63) is 22.4 Å². The molecule has 0 N–H and O–H groups in total. The van der Waals surface area contributed by atoms with Gasteiger partial charge in [0, 0.05) is 4.88 Å². The number of ether oxygens (including phenoxy) is 1. The maximum absolute atomic E-state index is 11.6. The molecular weight excluding hydrogens is 246 g/mol. The van der Waals surface area contributed by atoms with Crippen molar-refractivity contribution in [2.24, 2.45) is 0 Å². The number of esters is 1. The molecule has 0 aromatic carbocycles. The maximum atomic E-state index is 11.6. The van der Waals surface area contributed by atoms with Gasteiger partial charge in [0.1, 0.15) is 11.9 Å². The summed E-state index contributed by atoms with van der Waals surface area (Å²) < 4.78 is 4.59. The van der Waals surface area contributed by atoms with Gasteiger partial charge in [0.05, 0.1) is 12.9 Å². The van der Waals surface area contributed by atoms with Crippen LogP contribution in [0.3, 0.4) is 0 Å². The van der Waals surface area contributed by atoms with E-state index in [2.05, 4.69) is 4.74 Å². The van der Waals surface area contributed by atoms with Gasteiger partial charge < -0.3 is 9.64 Å². The number of carbonyl (C=O) groups excluding carboxylic acids is 2. The van der Waals surface area contributed by atoms with Crippen LogP contribution in [0, 0.1) is 0 Å². The van der Waals surface area contributed by atoms with Crippen LogP contribution in [0.4, 0.5) is 0 Å². The predicted octanol–water partition coefficient (Wildman–Crippen LogP) is 1.50. The molecule has 6 heteroatoms. The molecule has 1 amide bonds. The third-order valence-electron chi connectivity index (χ3n) is 2.28. The zero-order chi connectivity index (χ0) is 11.5. The Morgan fingerprint density at radius 2 is 2.50 bits per heavy atom. The minimum Gasteiger partial charge on any atom is -0.468 e. The highest BCUT2D eigenvalue weighted by Gasteiger charge is 2.34. The summed E-state index contributed by atoms with van der Waals surface area (Å²) in [6.07, 6.45) is 0. The van der Waals surface area contributed by atoms with Crippen molar-refractivity contribution in [2.45, 2.75) is 5.37 Å². The van der Waals surface area contributed by atoms with E-state index in [9.17, 15) is 9.59 Å². The molecule has 2 heterocycles.